The van der Waals surface area contributed by atoms with Gasteiger partial charge in [0.25, 0.3) is 0 Å². The first-order valence-corrected chi connectivity index (χ1v) is 6.93. The number of amides is 1. The zero-order valence-corrected chi connectivity index (χ0v) is 12.2. The van der Waals surface area contributed by atoms with Crippen LogP contribution in [0, 0.1) is 0 Å². The number of hydrogen-bond donors (Lipinski definition) is 2. The lowest BCUT2D eigenvalue weighted by Crippen LogP contribution is -2.20. The Morgan fingerprint density at radius 1 is 1.45 bits per heavy atom. The van der Waals surface area contributed by atoms with Crippen LogP contribution in [0.25, 0.3) is 0 Å². The highest BCUT2D eigenvalue weighted by Gasteiger charge is 2.21. The van der Waals surface area contributed by atoms with E-state index in [0.717, 1.165) is 36.5 Å². The fourth-order valence-electron chi connectivity index (χ4n) is 2.39. The molecule has 0 aliphatic carbocycles. The number of nitrogens with one attached hydrogen (secondary N) is 2. The molecule has 2 rings (SSSR count). The highest BCUT2D eigenvalue weighted by Crippen LogP contribution is 2.28. The lowest BCUT2D eigenvalue weighted by molar-refractivity contribution is -0.114. The van der Waals surface area contributed by atoms with E-state index in [2.05, 4.69) is 17.6 Å². The summed E-state index contributed by atoms with van der Waals surface area (Å²) >= 11 is 0. The summed E-state index contributed by atoms with van der Waals surface area (Å²) in [7, 11) is 1.63. The van der Waals surface area contributed by atoms with Gasteiger partial charge in [-0.15, -0.1) is 0 Å². The second-order valence-electron chi connectivity index (χ2n) is 5.12. The second kappa shape index (κ2) is 6.61. The number of ether oxygens (including phenoxy) is 2. The molecule has 0 aromatic heterocycles. The van der Waals surface area contributed by atoms with Gasteiger partial charge in [0.15, 0.2) is 0 Å². The van der Waals surface area contributed by atoms with Crippen LogP contribution in [0.5, 0.6) is 5.75 Å². The summed E-state index contributed by atoms with van der Waals surface area (Å²) in [6.45, 7) is 4.33. The third-order valence-corrected chi connectivity index (χ3v) is 3.36. The number of anilines is 2. The van der Waals surface area contributed by atoms with E-state index in [1.165, 1.54) is 6.92 Å². The average Bonchev–Trinajstić information content (AvgIpc) is 2.82. The van der Waals surface area contributed by atoms with E-state index in [-0.39, 0.29) is 12.0 Å². The van der Waals surface area contributed by atoms with Crippen LogP contribution in [0.15, 0.2) is 18.2 Å². The molecule has 1 aromatic rings. The number of hydrogen-bond acceptors (Lipinski definition) is 4. The summed E-state index contributed by atoms with van der Waals surface area (Å²) in [5, 5.41) is 6.10. The molecule has 1 saturated heterocycles. The molecule has 2 N–H and O–H groups in total. The lowest BCUT2D eigenvalue weighted by atomic mass is 10.2. The number of carbonyl (C=O) groups excluding carboxylic acids is 1. The molecule has 2 unspecified atom stereocenters. The standard InChI is InChI=1S/C15H22N2O3/c1-10-4-6-13(20-10)9-16-14-8-12(17-11(2)18)5-7-15(14)19-3/h5,7-8,10,13,16H,4,6,9H2,1-3H3,(H,17,18). The van der Waals surface area contributed by atoms with Gasteiger partial charge in [0.1, 0.15) is 5.75 Å². The van der Waals surface area contributed by atoms with Gasteiger partial charge in [-0.2, -0.15) is 0 Å². The molecule has 1 aliphatic rings. The highest BCUT2D eigenvalue weighted by molar-refractivity contribution is 5.89. The van der Waals surface area contributed by atoms with Gasteiger partial charge >= 0.3 is 0 Å². The molecule has 5 heteroatoms. The van der Waals surface area contributed by atoms with Crippen molar-refractivity contribution >= 4 is 17.3 Å². The van der Waals surface area contributed by atoms with Gasteiger partial charge in [0, 0.05) is 19.2 Å². The molecule has 1 fully saturated rings. The quantitative estimate of drug-likeness (QED) is 0.869. The van der Waals surface area contributed by atoms with Crippen molar-refractivity contribution in [3.05, 3.63) is 18.2 Å². The first kappa shape index (κ1) is 14.7. The maximum Gasteiger partial charge on any atom is 0.221 e. The van der Waals surface area contributed by atoms with E-state index in [1.807, 2.05) is 18.2 Å². The summed E-state index contributed by atoms with van der Waals surface area (Å²) in [4.78, 5) is 11.1. The van der Waals surface area contributed by atoms with E-state index in [1.54, 1.807) is 7.11 Å². The summed E-state index contributed by atoms with van der Waals surface area (Å²) in [5.74, 6) is 0.666. The van der Waals surface area contributed by atoms with Crippen molar-refractivity contribution in [2.24, 2.45) is 0 Å². The Kier molecular flexibility index (Phi) is 4.84. The molecule has 0 spiro atoms. The first-order chi connectivity index (χ1) is 9.58. The smallest absolute Gasteiger partial charge is 0.221 e. The Labute approximate surface area is 119 Å². The summed E-state index contributed by atoms with van der Waals surface area (Å²) in [5.41, 5.74) is 1.61. The topological polar surface area (TPSA) is 59.6 Å². The molecule has 20 heavy (non-hydrogen) atoms. The summed E-state index contributed by atoms with van der Waals surface area (Å²) in [6.07, 6.45) is 2.76. The number of benzene rings is 1. The van der Waals surface area contributed by atoms with Crippen molar-refractivity contribution in [2.45, 2.75) is 38.9 Å². The van der Waals surface area contributed by atoms with Crippen LogP contribution in [0.4, 0.5) is 11.4 Å². The Bertz CT molecular complexity index is 476. The van der Waals surface area contributed by atoms with E-state index < -0.39 is 0 Å². The molecule has 110 valence electrons. The van der Waals surface area contributed by atoms with Gasteiger partial charge in [-0.05, 0) is 38.0 Å². The summed E-state index contributed by atoms with van der Waals surface area (Å²) in [6, 6.07) is 5.53. The molecule has 0 radical (unpaired) electrons. The molecule has 0 bridgehead atoms. The zero-order valence-electron chi connectivity index (χ0n) is 12.2. The molecular weight excluding hydrogens is 256 g/mol. The van der Waals surface area contributed by atoms with Crippen LogP contribution in [-0.2, 0) is 9.53 Å². The van der Waals surface area contributed by atoms with Crippen LogP contribution in [0.2, 0.25) is 0 Å². The highest BCUT2D eigenvalue weighted by atomic mass is 16.5. The number of rotatable bonds is 5. The lowest BCUT2D eigenvalue weighted by Gasteiger charge is -2.16. The Balaban J connectivity index is 2.02. The summed E-state index contributed by atoms with van der Waals surface area (Å²) < 4.78 is 11.1. The van der Waals surface area contributed by atoms with E-state index in [0.29, 0.717) is 6.10 Å². The van der Waals surface area contributed by atoms with Crippen LogP contribution in [-0.4, -0.2) is 31.8 Å². The molecular formula is C15H22N2O3. The zero-order chi connectivity index (χ0) is 14.5. The van der Waals surface area contributed by atoms with E-state index in [9.17, 15) is 4.79 Å². The Hall–Kier alpha value is -1.75. The fourth-order valence-corrected chi connectivity index (χ4v) is 2.39. The van der Waals surface area contributed by atoms with E-state index in [4.69, 9.17) is 9.47 Å². The van der Waals surface area contributed by atoms with Crippen LogP contribution in [0.1, 0.15) is 26.7 Å². The van der Waals surface area contributed by atoms with Crippen LogP contribution >= 0.6 is 0 Å². The van der Waals surface area contributed by atoms with Gasteiger partial charge in [0.05, 0.1) is 25.0 Å². The molecule has 1 heterocycles. The largest absolute Gasteiger partial charge is 0.495 e. The van der Waals surface area contributed by atoms with Crippen molar-refractivity contribution in [2.75, 3.05) is 24.3 Å². The third-order valence-electron chi connectivity index (χ3n) is 3.36. The van der Waals surface area contributed by atoms with Gasteiger partial charge in [-0.3, -0.25) is 4.79 Å². The van der Waals surface area contributed by atoms with Crippen LogP contribution in [0.3, 0.4) is 0 Å². The average molecular weight is 278 g/mol. The number of methoxy groups -OCH3 is 1. The second-order valence-corrected chi connectivity index (χ2v) is 5.12. The van der Waals surface area contributed by atoms with E-state index >= 15 is 0 Å². The number of carbonyl (C=O) groups is 1. The fraction of sp³-hybridized carbons (Fsp3) is 0.533. The van der Waals surface area contributed by atoms with Crippen molar-refractivity contribution in [3.63, 3.8) is 0 Å². The molecule has 1 aromatic carbocycles. The molecule has 1 aliphatic heterocycles. The minimum atomic E-state index is -0.0888. The SMILES string of the molecule is COc1ccc(NC(C)=O)cc1NCC1CCC(C)O1. The first-order valence-electron chi connectivity index (χ1n) is 6.93. The van der Waals surface area contributed by atoms with Crippen molar-refractivity contribution in [1.82, 2.24) is 0 Å². The van der Waals surface area contributed by atoms with Gasteiger partial charge in [0.2, 0.25) is 5.91 Å². The molecule has 2 atom stereocenters. The minimum Gasteiger partial charge on any atom is -0.495 e. The molecule has 5 nitrogen and oxygen atoms in total. The molecule has 1 amide bonds. The third kappa shape index (κ3) is 3.87. The van der Waals surface area contributed by atoms with Gasteiger partial charge in [-0.1, -0.05) is 0 Å². The Morgan fingerprint density at radius 3 is 2.85 bits per heavy atom. The monoisotopic (exact) mass is 278 g/mol. The maximum atomic E-state index is 11.1. The van der Waals surface area contributed by atoms with Crippen molar-refractivity contribution in [1.29, 1.82) is 0 Å². The van der Waals surface area contributed by atoms with Crippen molar-refractivity contribution < 1.29 is 14.3 Å². The Morgan fingerprint density at radius 2 is 2.25 bits per heavy atom. The van der Waals surface area contributed by atoms with Crippen molar-refractivity contribution in [3.8, 4) is 5.75 Å². The molecule has 0 saturated carbocycles. The van der Waals surface area contributed by atoms with Crippen LogP contribution < -0.4 is 15.4 Å². The minimum absolute atomic E-state index is 0.0888. The maximum absolute atomic E-state index is 11.1. The predicted octanol–water partition coefficient (Wildman–Crippen LogP) is 2.63. The van der Waals surface area contributed by atoms with Gasteiger partial charge in [-0.25, -0.2) is 0 Å². The normalized spacial score (nSPS) is 21.6. The predicted molar refractivity (Wildman–Crippen MR) is 79.4 cm³/mol. The van der Waals surface area contributed by atoms with Gasteiger partial charge < -0.3 is 20.1 Å².